The van der Waals surface area contributed by atoms with Gasteiger partial charge in [-0.2, -0.15) is 5.10 Å². The van der Waals surface area contributed by atoms with Gasteiger partial charge in [0.05, 0.1) is 23.6 Å². The molecule has 0 aliphatic rings. The topological polar surface area (TPSA) is 63.6 Å². The van der Waals surface area contributed by atoms with Crippen LogP contribution in [0.2, 0.25) is 0 Å². The van der Waals surface area contributed by atoms with E-state index in [0.29, 0.717) is 17.0 Å². The van der Waals surface area contributed by atoms with Crippen molar-refractivity contribution >= 4 is 28.1 Å². The van der Waals surface area contributed by atoms with E-state index in [1.807, 2.05) is 32.0 Å². The molecule has 0 unspecified atom stereocenters. The van der Waals surface area contributed by atoms with Crippen molar-refractivity contribution in [3.8, 4) is 5.75 Å². The molecule has 1 N–H and O–H groups in total. The summed E-state index contributed by atoms with van der Waals surface area (Å²) < 4.78 is 6.43. The van der Waals surface area contributed by atoms with E-state index in [1.54, 1.807) is 24.4 Å². The Bertz CT molecular complexity index is 672. The third-order valence-electron chi connectivity index (χ3n) is 2.60. The first kappa shape index (κ1) is 16.2. The molecule has 1 aromatic heterocycles. The Balaban J connectivity index is 2.12. The van der Waals surface area contributed by atoms with Gasteiger partial charge in [-0.25, -0.2) is 5.43 Å². The van der Waals surface area contributed by atoms with Gasteiger partial charge >= 0.3 is 0 Å². The van der Waals surface area contributed by atoms with Gasteiger partial charge < -0.3 is 4.74 Å². The first-order valence-corrected chi connectivity index (χ1v) is 7.56. The van der Waals surface area contributed by atoms with Gasteiger partial charge in [0, 0.05) is 10.7 Å². The maximum absolute atomic E-state index is 12.2. The summed E-state index contributed by atoms with van der Waals surface area (Å²) in [5, 5.41) is 3.91. The second-order valence-electron chi connectivity index (χ2n) is 4.76. The molecule has 0 radical (unpaired) electrons. The van der Waals surface area contributed by atoms with E-state index in [0.717, 1.165) is 4.47 Å². The predicted octanol–water partition coefficient (Wildman–Crippen LogP) is 3.40. The maximum atomic E-state index is 12.2. The second kappa shape index (κ2) is 7.70. The summed E-state index contributed by atoms with van der Waals surface area (Å²) in [6.07, 6.45) is 3.12. The van der Waals surface area contributed by atoms with Gasteiger partial charge in [-0.3, -0.25) is 9.78 Å². The predicted molar refractivity (Wildman–Crippen MR) is 89.2 cm³/mol. The Labute approximate surface area is 137 Å². The van der Waals surface area contributed by atoms with Gasteiger partial charge in [-0.1, -0.05) is 22.0 Å². The number of hydrogen-bond donors (Lipinski definition) is 1. The number of aromatic nitrogens is 1. The van der Waals surface area contributed by atoms with Crippen molar-refractivity contribution < 1.29 is 9.53 Å². The number of hydrogen-bond acceptors (Lipinski definition) is 4. The van der Waals surface area contributed by atoms with Gasteiger partial charge in [-0.05, 0) is 44.2 Å². The molecule has 1 heterocycles. The van der Waals surface area contributed by atoms with Gasteiger partial charge in [0.2, 0.25) is 0 Å². The zero-order chi connectivity index (χ0) is 15.9. The molecule has 0 saturated heterocycles. The lowest BCUT2D eigenvalue weighted by Gasteiger charge is -2.13. The van der Waals surface area contributed by atoms with Crippen molar-refractivity contribution in [1.82, 2.24) is 10.4 Å². The van der Waals surface area contributed by atoms with E-state index in [-0.39, 0.29) is 12.0 Å². The lowest BCUT2D eigenvalue weighted by atomic mass is 10.2. The normalized spacial score (nSPS) is 10.9. The molecule has 0 saturated carbocycles. The number of carbonyl (C=O) groups is 1. The number of hydrazone groups is 1. The first-order chi connectivity index (χ1) is 10.6. The molecule has 5 nitrogen and oxygen atoms in total. The lowest BCUT2D eigenvalue weighted by molar-refractivity contribution is 0.0949. The van der Waals surface area contributed by atoms with Crippen LogP contribution in [0.15, 0.2) is 52.2 Å². The van der Waals surface area contributed by atoms with Crippen LogP contribution in [0.25, 0.3) is 0 Å². The molecular formula is C16H16BrN3O2. The van der Waals surface area contributed by atoms with Gasteiger partial charge in [0.25, 0.3) is 5.91 Å². The number of nitrogens with one attached hydrogen (secondary N) is 1. The van der Waals surface area contributed by atoms with Crippen molar-refractivity contribution in [3.05, 3.63) is 58.3 Å². The average Bonchev–Trinajstić information content (AvgIpc) is 2.49. The number of amides is 1. The van der Waals surface area contributed by atoms with E-state index in [2.05, 4.69) is 31.4 Å². The molecule has 2 aromatic rings. The van der Waals surface area contributed by atoms with Crippen LogP contribution in [0.4, 0.5) is 0 Å². The monoisotopic (exact) mass is 361 g/mol. The molecule has 114 valence electrons. The minimum atomic E-state index is -0.343. The molecule has 0 atom stereocenters. The Morgan fingerprint density at radius 3 is 2.86 bits per heavy atom. The van der Waals surface area contributed by atoms with Crippen LogP contribution in [-0.2, 0) is 0 Å². The fraction of sp³-hybridized carbons (Fsp3) is 0.188. The van der Waals surface area contributed by atoms with E-state index >= 15 is 0 Å². The highest BCUT2D eigenvalue weighted by Crippen LogP contribution is 2.24. The molecule has 1 amide bonds. The zero-order valence-corrected chi connectivity index (χ0v) is 13.9. The van der Waals surface area contributed by atoms with Crippen LogP contribution in [0.1, 0.15) is 29.9 Å². The number of nitrogens with zero attached hydrogens (tertiary/aromatic N) is 2. The van der Waals surface area contributed by atoms with E-state index in [4.69, 9.17) is 4.74 Å². The van der Waals surface area contributed by atoms with Crippen LogP contribution in [0, 0.1) is 0 Å². The number of ether oxygens (including phenoxy) is 1. The van der Waals surface area contributed by atoms with Crippen molar-refractivity contribution in [1.29, 1.82) is 0 Å². The SMILES string of the molecule is CC(C)Oc1ccc(Br)cc1C(=O)N/N=C/c1ccccn1. The Morgan fingerprint density at radius 2 is 2.18 bits per heavy atom. The summed E-state index contributed by atoms with van der Waals surface area (Å²) in [6.45, 7) is 3.81. The fourth-order valence-electron chi connectivity index (χ4n) is 1.71. The Morgan fingerprint density at radius 1 is 1.36 bits per heavy atom. The van der Waals surface area contributed by atoms with Crippen molar-refractivity contribution in [2.45, 2.75) is 20.0 Å². The van der Waals surface area contributed by atoms with Crippen LogP contribution >= 0.6 is 15.9 Å². The summed E-state index contributed by atoms with van der Waals surface area (Å²) in [5.74, 6) is 0.174. The highest BCUT2D eigenvalue weighted by Gasteiger charge is 2.13. The van der Waals surface area contributed by atoms with Gasteiger partial charge in [-0.15, -0.1) is 0 Å². The van der Waals surface area contributed by atoms with Crippen LogP contribution in [0.5, 0.6) is 5.75 Å². The molecule has 22 heavy (non-hydrogen) atoms. The molecule has 0 spiro atoms. The number of rotatable bonds is 5. The number of carbonyl (C=O) groups excluding carboxylic acids is 1. The molecule has 6 heteroatoms. The van der Waals surface area contributed by atoms with Gasteiger partial charge in [0.1, 0.15) is 5.75 Å². The van der Waals surface area contributed by atoms with E-state index < -0.39 is 0 Å². The number of pyridine rings is 1. The molecule has 0 fully saturated rings. The number of benzene rings is 1. The highest BCUT2D eigenvalue weighted by molar-refractivity contribution is 9.10. The van der Waals surface area contributed by atoms with Crippen LogP contribution < -0.4 is 10.2 Å². The quantitative estimate of drug-likeness (QED) is 0.655. The summed E-state index contributed by atoms with van der Waals surface area (Å²) in [7, 11) is 0. The minimum absolute atomic E-state index is 0.0234. The van der Waals surface area contributed by atoms with Crippen molar-refractivity contribution in [2.24, 2.45) is 5.10 Å². The van der Waals surface area contributed by atoms with Crippen molar-refractivity contribution in [2.75, 3.05) is 0 Å². The molecule has 0 aliphatic heterocycles. The number of halogens is 1. The summed E-state index contributed by atoms with van der Waals surface area (Å²) in [5.41, 5.74) is 3.56. The van der Waals surface area contributed by atoms with Crippen LogP contribution in [-0.4, -0.2) is 23.2 Å². The minimum Gasteiger partial charge on any atom is -0.490 e. The van der Waals surface area contributed by atoms with E-state index in [1.165, 1.54) is 6.21 Å². The largest absolute Gasteiger partial charge is 0.490 e. The molecular weight excluding hydrogens is 346 g/mol. The first-order valence-electron chi connectivity index (χ1n) is 6.77. The standard InChI is InChI=1S/C16H16BrN3O2/c1-11(2)22-15-7-6-12(17)9-14(15)16(21)20-19-10-13-5-3-4-8-18-13/h3-11H,1-2H3,(H,20,21)/b19-10+. The summed E-state index contributed by atoms with van der Waals surface area (Å²) in [6, 6.07) is 10.7. The third-order valence-corrected chi connectivity index (χ3v) is 3.09. The average molecular weight is 362 g/mol. The lowest BCUT2D eigenvalue weighted by Crippen LogP contribution is -2.20. The summed E-state index contributed by atoms with van der Waals surface area (Å²) >= 11 is 3.35. The van der Waals surface area contributed by atoms with Crippen molar-refractivity contribution in [3.63, 3.8) is 0 Å². The van der Waals surface area contributed by atoms with Gasteiger partial charge in [0.15, 0.2) is 0 Å². The third kappa shape index (κ3) is 4.66. The maximum Gasteiger partial charge on any atom is 0.275 e. The molecule has 1 aromatic carbocycles. The van der Waals surface area contributed by atoms with Crippen LogP contribution in [0.3, 0.4) is 0 Å². The smallest absolute Gasteiger partial charge is 0.275 e. The van der Waals surface area contributed by atoms with E-state index in [9.17, 15) is 4.79 Å². The summed E-state index contributed by atoms with van der Waals surface area (Å²) in [4.78, 5) is 16.3. The Hall–Kier alpha value is -2.21. The second-order valence-corrected chi connectivity index (χ2v) is 5.68. The molecule has 0 aliphatic carbocycles. The highest BCUT2D eigenvalue weighted by atomic mass is 79.9. The molecule has 0 bridgehead atoms. The molecule has 2 rings (SSSR count). The fourth-order valence-corrected chi connectivity index (χ4v) is 2.07. The zero-order valence-electron chi connectivity index (χ0n) is 12.3. The Kier molecular flexibility index (Phi) is 5.66.